The standard InChI is InChI=1S/C16H26N2O/c1-12(2)11-17-15(19)18-14(16(3,4)5)13-9-7-6-8-10-13/h6-10,12,14H,11H2,1-5H3,(H2,17,18,19)/t14-/m1/s1. The molecule has 1 atom stereocenters. The van der Waals surface area contributed by atoms with E-state index in [2.05, 4.69) is 57.4 Å². The van der Waals surface area contributed by atoms with Crippen molar-refractivity contribution in [2.24, 2.45) is 11.3 Å². The lowest BCUT2D eigenvalue weighted by Gasteiger charge is -2.32. The maximum atomic E-state index is 12.0. The molecule has 0 radical (unpaired) electrons. The van der Waals surface area contributed by atoms with Gasteiger partial charge in [0, 0.05) is 6.54 Å². The minimum Gasteiger partial charge on any atom is -0.338 e. The van der Waals surface area contributed by atoms with Crippen molar-refractivity contribution in [2.45, 2.75) is 40.7 Å². The first-order valence-electron chi connectivity index (χ1n) is 6.90. The number of amides is 2. The SMILES string of the molecule is CC(C)CNC(=O)N[C@H](c1ccccc1)C(C)(C)C. The molecule has 3 heteroatoms. The van der Waals surface area contributed by atoms with Crippen molar-refractivity contribution in [3.8, 4) is 0 Å². The summed E-state index contributed by atoms with van der Waals surface area (Å²) < 4.78 is 0. The van der Waals surface area contributed by atoms with Gasteiger partial charge < -0.3 is 10.6 Å². The Bertz CT molecular complexity index is 393. The van der Waals surface area contributed by atoms with Crippen LogP contribution < -0.4 is 10.6 Å². The highest BCUT2D eigenvalue weighted by Gasteiger charge is 2.27. The van der Waals surface area contributed by atoms with Gasteiger partial charge in [-0.3, -0.25) is 0 Å². The van der Waals surface area contributed by atoms with E-state index in [1.165, 1.54) is 0 Å². The second-order valence-electron chi connectivity index (χ2n) is 6.46. The van der Waals surface area contributed by atoms with Crippen molar-refractivity contribution < 1.29 is 4.79 Å². The largest absolute Gasteiger partial charge is 0.338 e. The third kappa shape index (κ3) is 5.33. The number of benzene rings is 1. The lowest BCUT2D eigenvalue weighted by molar-refractivity contribution is 0.217. The molecule has 1 aromatic rings. The molecule has 0 aliphatic carbocycles. The Labute approximate surface area is 116 Å². The summed E-state index contributed by atoms with van der Waals surface area (Å²) in [4.78, 5) is 12.0. The van der Waals surface area contributed by atoms with Crippen molar-refractivity contribution in [3.63, 3.8) is 0 Å². The van der Waals surface area contributed by atoms with E-state index >= 15 is 0 Å². The highest BCUT2D eigenvalue weighted by Crippen LogP contribution is 2.32. The van der Waals surface area contributed by atoms with Crippen molar-refractivity contribution in [2.75, 3.05) is 6.54 Å². The third-order valence-corrected chi connectivity index (χ3v) is 2.95. The van der Waals surface area contributed by atoms with Crippen molar-refractivity contribution >= 4 is 6.03 Å². The van der Waals surface area contributed by atoms with Gasteiger partial charge in [0.1, 0.15) is 0 Å². The van der Waals surface area contributed by atoms with Gasteiger partial charge in [-0.15, -0.1) is 0 Å². The van der Waals surface area contributed by atoms with Gasteiger partial charge in [0.2, 0.25) is 0 Å². The minimum absolute atomic E-state index is 0.000798. The summed E-state index contributed by atoms with van der Waals surface area (Å²) in [5, 5.41) is 5.98. The van der Waals surface area contributed by atoms with Gasteiger partial charge in [0.15, 0.2) is 0 Å². The zero-order valence-corrected chi connectivity index (χ0v) is 12.7. The van der Waals surface area contributed by atoms with Gasteiger partial charge in [0.25, 0.3) is 0 Å². The first-order valence-corrected chi connectivity index (χ1v) is 6.90. The first-order chi connectivity index (χ1) is 8.80. The molecule has 106 valence electrons. The molecule has 0 unspecified atom stereocenters. The summed E-state index contributed by atoms with van der Waals surface area (Å²) in [5.41, 5.74) is 1.10. The van der Waals surface area contributed by atoms with E-state index in [0.717, 1.165) is 5.56 Å². The number of carbonyl (C=O) groups is 1. The molecule has 2 N–H and O–H groups in total. The Kier molecular flexibility index (Phi) is 5.40. The average molecular weight is 262 g/mol. The van der Waals surface area contributed by atoms with Crippen LogP contribution in [0.4, 0.5) is 4.79 Å². The molecule has 0 bridgehead atoms. The highest BCUT2D eigenvalue weighted by molar-refractivity contribution is 5.74. The minimum atomic E-state index is -0.0996. The fraction of sp³-hybridized carbons (Fsp3) is 0.562. The van der Waals surface area contributed by atoms with Crippen molar-refractivity contribution in [1.82, 2.24) is 10.6 Å². The van der Waals surface area contributed by atoms with Gasteiger partial charge >= 0.3 is 6.03 Å². The van der Waals surface area contributed by atoms with Crippen LogP contribution in [0, 0.1) is 11.3 Å². The molecule has 0 aliphatic heterocycles. The third-order valence-electron chi connectivity index (χ3n) is 2.95. The molecule has 0 spiro atoms. The summed E-state index contributed by atoms with van der Waals surface area (Å²) in [7, 11) is 0. The lowest BCUT2D eigenvalue weighted by atomic mass is 9.82. The summed E-state index contributed by atoms with van der Waals surface area (Å²) >= 11 is 0. The zero-order chi connectivity index (χ0) is 14.5. The topological polar surface area (TPSA) is 41.1 Å². The predicted molar refractivity (Wildman–Crippen MR) is 80.0 cm³/mol. The first kappa shape index (κ1) is 15.5. The molecule has 0 aliphatic rings. The predicted octanol–water partition coefficient (Wildman–Crippen LogP) is 3.73. The van der Waals surface area contributed by atoms with Gasteiger partial charge in [-0.25, -0.2) is 4.79 Å². The molecule has 3 nitrogen and oxygen atoms in total. The molecule has 19 heavy (non-hydrogen) atoms. The fourth-order valence-electron chi connectivity index (χ4n) is 1.92. The second-order valence-corrected chi connectivity index (χ2v) is 6.46. The van der Waals surface area contributed by atoms with Gasteiger partial charge in [-0.2, -0.15) is 0 Å². The van der Waals surface area contributed by atoms with E-state index in [9.17, 15) is 4.79 Å². The molecule has 2 amide bonds. The Morgan fingerprint density at radius 3 is 2.21 bits per heavy atom. The van der Waals surface area contributed by atoms with Crippen LogP contribution in [-0.2, 0) is 0 Å². The Morgan fingerprint density at radius 2 is 1.74 bits per heavy atom. The Balaban J connectivity index is 2.75. The van der Waals surface area contributed by atoms with Crippen molar-refractivity contribution in [3.05, 3.63) is 35.9 Å². The molecule has 1 rings (SSSR count). The Morgan fingerprint density at radius 1 is 1.16 bits per heavy atom. The van der Waals surface area contributed by atoms with Crippen LogP contribution in [-0.4, -0.2) is 12.6 Å². The summed E-state index contributed by atoms with van der Waals surface area (Å²) in [5.74, 6) is 0.454. The number of urea groups is 1. The van der Waals surface area contributed by atoms with Crippen molar-refractivity contribution in [1.29, 1.82) is 0 Å². The lowest BCUT2D eigenvalue weighted by Crippen LogP contribution is -2.43. The molecule has 0 heterocycles. The fourth-order valence-corrected chi connectivity index (χ4v) is 1.92. The smallest absolute Gasteiger partial charge is 0.315 e. The summed E-state index contributed by atoms with van der Waals surface area (Å²) in [6.07, 6.45) is 0. The Hall–Kier alpha value is -1.51. The highest BCUT2D eigenvalue weighted by atomic mass is 16.2. The van der Waals surface area contributed by atoms with Crippen LogP contribution in [0.2, 0.25) is 0 Å². The molecule has 0 saturated heterocycles. The maximum Gasteiger partial charge on any atom is 0.315 e. The number of rotatable bonds is 4. The van der Waals surface area contributed by atoms with Crippen LogP contribution in [0.3, 0.4) is 0 Å². The normalized spacial score (nSPS) is 13.2. The van der Waals surface area contributed by atoms with E-state index in [4.69, 9.17) is 0 Å². The van der Waals surface area contributed by atoms with E-state index in [1.807, 2.05) is 18.2 Å². The molecule has 0 aromatic heterocycles. The summed E-state index contributed by atoms with van der Waals surface area (Å²) in [6, 6.07) is 10.0. The number of carbonyl (C=O) groups excluding carboxylic acids is 1. The van der Waals surface area contributed by atoms with E-state index in [1.54, 1.807) is 0 Å². The van der Waals surface area contributed by atoms with E-state index in [-0.39, 0.29) is 17.5 Å². The van der Waals surface area contributed by atoms with Gasteiger partial charge in [-0.05, 0) is 16.9 Å². The molecule has 1 aromatic carbocycles. The quantitative estimate of drug-likeness (QED) is 0.853. The van der Waals surface area contributed by atoms with Gasteiger partial charge in [0.05, 0.1) is 6.04 Å². The van der Waals surface area contributed by atoms with E-state index in [0.29, 0.717) is 12.5 Å². The molecule has 0 fully saturated rings. The monoisotopic (exact) mass is 262 g/mol. The zero-order valence-electron chi connectivity index (χ0n) is 12.7. The molecular weight excluding hydrogens is 236 g/mol. The van der Waals surface area contributed by atoms with Crippen LogP contribution in [0.25, 0.3) is 0 Å². The van der Waals surface area contributed by atoms with Gasteiger partial charge in [-0.1, -0.05) is 65.0 Å². The van der Waals surface area contributed by atoms with Crippen LogP contribution >= 0.6 is 0 Å². The molecule has 0 saturated carbocycles. The van der Waals surface area contributed by atoms with E-state index < -0.39 is 0 Å². The van der Waals surface area contributed by atoms with Crippen LogP contribution in [0.1, 0.15) is 46.2 Å². The van der Waals surface area contributed by atoms with Crippen LogP contribution in [0.5, 0.6) is 0 Å². The summed E-state index contributed by atoms with van der Waals surface area (Å²) in [6.45, 7) is 11.3. The average Bonchev–Trinajstić information content (AvgIpc) is 2.33. The number of nitrogens with one attached hydrogen (secondary N) is 2. The maximum absolute atomic E-state index is 12.0. The number of hydrogen-bond acceptors (Lipinski definition) is 1. The number of hydrogen-bond donors (Lipinski definition) is 2. The second kappa shape index (κ2) is 6.60. The molecular formula is C16H26N2O. The van der Waals surface area contributed by atoms with Crippen LogP contribution in [0.15, 0.2) is 30.3 Å².